The first-order chi connectivity index (χ1) is 17.5. The lowest BCUT2D eigenvalue weighted by molar-refractivity contribution is -0.157. The molecule has 1 fully saturated rings. The summed E-state index contributed by atoms with van der Waals surface area (Å²) in [5.41, 5.74) is 2.52. The Labute approximate surface area is 213 Å². The van der Waals surface area contributed by atoms with Gasteiger partial charge >= 0.3 is 0 Å². The van der Waals surface area contributed by atoms with Crippen molar-refractivity contribution in [3.63, 3.8) is 0 Å². The van der Waals surface area contributed by atoms with Gasteiger partial charge in [0, 0.05) is 0 Å². The van der Waals surface area contributed by atoms with Crippen LogP contribution in [0.4, 0.5) is 0 Å². The molecule has 0 bridgehead atoms. The van der Waals surface area contributed by atoms with Crippen molar-refractivity contribution in [3.8, 4) is 0 Å². The minimum atomic E-state index is -1.55. The molecule has 3 aromatic carbocycles. The Morgan fingerprint density at radius 2 is 1.53 bits per heavy atom. The lowest BCUT2D eigenvalue weighted by atomic mass is 10.0. The Hall–Kier alpha value is -3.59. The van der Waals surface area contributed by atoms with E-state index in [4.69, 9.17) is 4.74 Å². The van der Waals surface area contributed by atoms with Gasteiger partial charge in [0.05, 0.1) is 12.2 Å². The van der Waals surface area contributed by atoms with Crippen LogP contribution in [-0.2, 0) is 20.7 Å². The normalized spacial score (nSPS) is 20.1. The fourth-order valence-corrected chi connectivity index (χ4v) is 5.69. The summed E-state index contributed by atoms with van der Waals surface area (Å²) in [7, 11) is 0. The van der Waals surface area contributed by atoms with Gasteiger partial charge < -0.3 is 20.3 Å². The molecule has 0 saturated carbocycles. The zero-order chi connectivity index (χ0) is 25.1. The van der Waals surface area contributed by atoms with Gasteiger partial charge in [-0.25, -0.2) is 0 Å². The van der Waals surface area contributed by atoms with E-state index in [1.807, 2.05) is 91.0 Å². The predicted octanol–water partition coefficient (Wildman–Crippen LogP) is 3.52. The largest absolute Gasteiger partial charge is 0.509 e. The number of amides is 2. The number of β-lactam (4-membered cyclic amide) rings is 1. The third-order valence-electron chi connectivity index (χ3n) is 6.22. The van der Waals surface area contributed by atoms with Crippen LogP contribution < -0.4 is 5.32 Å². The fraction of sp³-hybridized carbons (Fsp3) is 0.214. The summed E-state index contributed by atoms with van der Waals surface area (Å²) in [4.78, 5) is 26.9. The number of aliphatic hydroxyl groups is 2. The summed E-state index contributed by atoms with van der Waals surface area (Å²) >= 11 is 1.33. The van der Waals surface area contributed by atoms with Crippen LogP contribution in [-0.4, -0.2) is 50.4 Å². The second kappa shape index (κ2) is 10.6. The standard InChI is InChI=1S/C28H26N2O5S/c31-21-17-36-27-23(29-22(32)16-18-10-4-1-5-11-18)26(33)30(27)24(21)28(34)35-25(19-12-6-2-7-13-19)20-14-8-3-9-15-20/h1-15,23,25,27-28,31,34H,16-17H2,(H,29,32)/t23-,27-,28?/m1/s1. The molecule has 2 aliphatic heterocycles. The molecule has 2 amide bonds. The van der Waals surface area contributed by atoms with Crippen molar-refractivity contribution >= 4 is 23.6 Å². The van der Waals surface area contributed by atoms with Gasteiger partial charge in [-0.3, -0.25) is 14.5 Å². The van der Waals surface area contributed by atoms with E-state index in [-0.39, 0.29) is 29.5 Å². The second-order valence-electron chi connectivity index (χ2n) is 8.64. The van der Waals surface area contributed by atoms with Crippen molar-refractivity contribution < 1.29 is 24.5 Å². The Morgan fingerprint density at radius 1 is 0.972 bits per heavy atom. The number of nitrogens with zero attached hydrogens (tertiary/aromatic N) is 1. The van der Waals surface area contributed by atoms with Crippen LogP contribution in [0.2, 0.25) is 0 Å². The number of benzene rings is 3. The molecule has 36 heavy (non-hydrogen) atoms. The summed E-state index contributed by atoms with van der Waals surface area (Å²) in [6.45, 7) is 0. The van der Waals surface area contributed by atoms with Crippen LogP contribution in [0.25, 0.3) is 0 Å². The summed E-state index contributed by atoms with van der Waals surface area (Å²) in [6.07, 6.45) is -2.01. The average Bonchev–Trinajstić information content (AvgIpc) is 2.91. The van der Waals surface area contributed by atoms with Gasteiger partial charge in [-0.1, -0.05) is 91.0 Å². The topological polar surface area (TPSA) is 99.1 Å². The number of hydrogen-bond acceptors (Lipinski definition) is 6. The van der Waals surface area contributed by atoms with E-state index in [1.165, 1.54) is 16.7 Å². The number of carbonyl (C=O) groups is 2. The van der Waals surface area contributed by atoms with Crippen LogP contribution in [0.3, 0.4) is 0 Å². The number of thioether (sulfide) groups is 1. The fourth-order valence-electron chi connectivity index (χ4n) is 4.47. The number of fused-ring (bicyclic) bond motifs is 1. The highest BCUT2D eigenvalue weighted by Gasteiger charge is 2.54. The first kappa shape index (κ1) is 24.1. The Balaban J connectivity index is 1.31. The van der Waals surface area contributed by atoms with Gasteiger partial charge in [-0.05, 0) is 16.7 Å². The summed E-state index contributed by atoms with van der Waals surface area (Å²) in [5, 5.41) is 24.1. The number of aliphatic hydroxyl groups excluding tert-OH is 2. The molecular formula is C28H26N2O5S. The highest BCUT2D eigenvalue weighted by atomic mass is 32.2. The molecule has 0 spiro atoms. The predicted molar refractivity (Wildman–Crippen MR) is 137 cm³/mol. The van der Waals surface area contributed by atoms with Crippen molar-refractivity contribution in [2.45, 2.75) is 30.2 Å². The molecule has 2 heterocycles. The minimum absolute atomic E-state index is 0.0224. The number of nitrogens with one attached hydrogen (secondary N) is 1. The summed E-state index contributed by atoms with van der Waals surface area (Å²) in [6, 6.07) is 27.4. The molecule has 3 aromatic rings. The first-order valence-corrected chi connectivity index (χ1v) is 12.7. The number of hydrogen-bond donors (Lipinski definition) is 3. The number of carbonyl (C=O) groups excluding carboxylic acids is 2. The molecule has 2 aliphatic rings. The molecule has 0 aromatic heterocycles. The minimum Gasteiger partial charge on any atom is -0.509 e. The first-order valence-electron chi connectivity index (χ1n) is 11.7. The number of ether oxygens (including phenoxy) is 1. The Morgan fingerprint density at radius 3 is 2.11 bits per heavy atom. The molecule has 7 nitrogen and oxygen atoms in total. The van der Waals surface area contributed by atoms with Gasteiger partial charge in [0.15, 0.2) is 0 Å². The van der Waals surface area contributed by atoms with Crippen molar-refractivity contribution in [3.05, 3.63) is 119 Å². The maximum absolute atomic E-state index is 13.1. The van der Waals surface area contributed by atoms with Crippen molar-refractivity contribution in [1.82, 2.24) is 10.2 Å². The van der Waals surface area contributed by atoms with Crippen LogP contribution >= 0.6 is 11.8 Å². The van der Waals surface area contributed by atoms with E-state index in [0.717, 1.165) is 16.7 Å². The second-order valence-corrected chi connectivity index (χ2v) is 9.74. The molecule has 5 rings (SSSR count). The van der Waals surface area contributed by atoms with Crippen LogP contribution in [0.1, 0.15) is 22.8 Å². The molecule has 0 radical (unpaired) electrons. The van der Waals surface area contributed by atoms with Gasteiger partial charge in [0.25, 0.3) is 5.91 Å². The highest BCUT2D eigenvalue weighted by Crippen LogP contribution is 2.42. The monoisotopic (exact) mass is 502 g/mol. The van der Waals surface area contributed by atoms with Gasteiger partial charge in [-0.15, -0.1) is 11.8 Å². The molecule has 3 N–H and O–H groups in total. The van der Waals surface area contributed by atoms with E-state index < -0.39 is 29.7 Å². The molecule has 184 valence electrons. The van der Waals surface area contributed by atoms with E-state index >= 15 is 0 Å². The molecule has 8 heteroatoms. The van der Waals surface area contributed by atoms with Crippen LogP contribution in [0.15, 0.2) is 102 Å². The summed E-state index contributed by atoms with van der Waals surface area (Å²) in [5.74, 6) is -0.582. The smallest absolute Gasteiger partial charge is 0.253 e. The van der Waals surface area contributed by atoms with Crippen molar-refractivity contribution in [2.75, 3.05) is 5.75 Å². The SMILES string of the molecule is O=C(Cc1ccccc1)N[C@@H]1C(=O)N2C(C(O)OC(c3ccccc3)c3ccccc3)=C(O)CS[C@H]12. The van der Waals surface area contributed by atoms with Gasteiger partial charge in [0.1, 0.15) is 29.0 Å². The zero-order valence-electron chi connectivity index (χ0n) is 19.4. The van der Waals surface area contributed by atoms with E-state index in [1.54, 1.807) is 0 Å². The molecule has 0 aliphatic carbocycles. The third kappa shape index (κ3) is 4.88. The van der Waals surface area contributed by atoms with Crippen molar-refractivity contribution in [2.24, 2.45) is 0 Å². The van der Waals surface area contributed by atoms with Crippen LogP contribution in [0, 0.1) is 0 Å². The maximum atomic E-state index is 13.1. The maximum Gasteiger partial charge on any atom is 0.253 e. The Bertz CT molecular complexity index is 1210. The van der Waals surface area contributed by atoms with Gasteiger partial charge in [0.2, 0.25) is 12.2 Å². The molecule has 3 atom stereocenters. The quantitative estimate of drug-likeness (QED) is 0.322. The molecule has 1 unspecified atom stereocenters. The van der Waals surface area contributed by atoms with Crippen molar-refractivity contribution in [1.29, 1.82) is 0 Å². The number of rotatable bonds is 8. The third-order valence-corrected chi connectivity index (χ3v) is 7.48. The van der Waals surface area contributed by atoms with E-state index in [2.05, 4.69) is 5.32 Å². The highest BCUT2D eigenvalue weighted by molar-refractivity contribution is 8.00. The van der Waals surface area contributed by atoms with E-state index in [0.29, 0.717) is 0 Å². The van der Waals surface area contributed by atoms with Gasteiger partial charge in [-0.2, -0.15) is 0 Å². The van der Waals surface area contributed by atoms with E-state index in [9.17, 15) is 19.8 Å². The summed E-state index contributed by atoms with van der Waals surface area (Å²) < 4.78 is 6.08. The van der Waals surface area contributed by atoms with Crippen LogP contribution in [0.5, 0.6) is 0 Å². The Kier molecular flexibility index (Phi) is 7.09. The molecule has 1 saturated heterocycles. The zero-order valence-corrected chi connectivity index (χ0v) is 20.2. The lowest BCUT2D eigenvalue weighted by Gasteiger charge is -2.50. The molecular weight excluding hydrogens is 476 g/mol. The lowest BCUT2D eigenvalue weighted by Crippen LogP contribution is -2.71. The average molecular weight is 503 g/mol.